The van der Waals surface area contributed by atoms with E-state index < -0.39 is 10.0 Å². The van der Waals surface area contributed by atoms with Gasteiger partial charge in [-0.2, -0.15) is 4.31 Å². The first-order chi connectivity index (χ1) is 9.96. The summed E-state index contributed by atoms with van der Waals surface area (Å²) in [5.41, 5.74) is 6.10. The molecule has 1 aliphatic heterocycles. The zero-order chi connectivity index (χ0) is 15.5. The minimum atomic E-state index is -3.41. The number of rotatable bonds is 3. The molecule has 2 rings (SSSR count). The van der Waals surface area contributed by atoms with Crippen LogP contribution in [0.25, 0.3) is 0 Å². The summed E-state index contributed by atoms with van der Waals surface area (Å²) in [6.07, 6.45) is 1.87. The van der Waals surface area contributed by atoms with Gasteiger partial charge < -0.3 is 5.73 Å². The highest BCUT2D eigenvalue weighted by molar-refractivity contribution is 7.89. The molecule has 1 aliphatic rings. The summed E-state index contributed by atoms with van der Waals surface area (Å²) >= 11 is 0. The third kappa shape index (κ3) is 3.46. The fourth-order valence-electron chi connectivity index (χ4n) is 2.73. The molecule has 1 aromatic rings. The van der Waals surface area contributed by atoms with E-state index in [1.165, 1.54) is 0 Å². The molecule has 0 bridgehead atoms. The third-order valence-electron chi connectivity index (χ3n) is 3.81. The molecule has 2 N–H and O–H groups in total. The van der Waals surface area contributed by atoms with Crippen LogP contribution in [0.2, 0.25) is 0 Å². The third-order valence-corrected chi connectivity index (χ3v) is 5.75. The first-order valence-electron chi connectivity index (χ1n) is 7.27. The van der Waals surface area contributed by atoms with Crippen LogP contribution in [0.5, 0.6) is 0 Å². The number of nitrogens with two attached hydrogens (primary N) is 1. The van der Waals surface area contributed by atoms with Crippen LogP contribution in [-0.4, -0.2) is 31.9 Å². The van der Waals surface area contributed by atoms with Gasteiger partial charge in [-0.25, -0.2) is 8.42 Å². The standard InChI is InChI=1S/C16H22N2O2S/c1-13(2)16-6-4-12-18(16)21(19,20)15-9-7-14(8-10-15)5-3-11-17/h7-10,13,16H,4,6,11-12,17H2,1-2H3. The van der Waals surface area contributed by atoms with Crippen LogP contribution >= 0.6 is 0 Å². The average molecular weight is 306 g/mol. The van der Waals surface area contributed by atoms with E-state index in [0.29, 0.717) is 23.9 Å². The second-order valence-electron chi connectivity index (χ2n) is 5.60. The van der Waals surface area contributed by atoms with Crippen LogP contribution in [0.4, 0.5) is 0 Å². The maximum absolute atomic E-state index is 12.7. The molecule has 0 aliphatic carbocycles. The van der Waals surface area contributed by atoms with Crippen LogP contribution in [0.3, 0.4) is 0 Å². The molecule has 1 atom stereocenters. The zero-order valence-electron chi connectivity index (χ0n) is 12.5. The van der Waals surface area contributed by atoms with Gasteiger partial charge in [-0.3, -0.25) is 0 Å². The maximum Gasteiger partial charge on any atom is 0.243 e. The van der Waals surface area contributed by atoms with Gasteiger partial charge in [0.05, 0.1) is 11.4 Å². The number of sulfonamides is 1. The predicted octanol–water partition coefficient (Wildman–Crippen LogP) is 1.81. The van der Waals surface area contributed by atoms with Gasteiger partial charge in [0.15, 0.2) is 0 Å². The fraction of sp³-hybridized carbons (Fsp3) is 0.500. The van der Waals surface area contributed by atoms with Gasteiger partial charge in [-0.1, -0.05) is 25.7 Å². The second kappa shape index (κ2) is 6.61. The number of benzene rings is 1. The van der Waals surface area contributed by atoms with E-state index in [4.69, 9.17) is 5.73 Å². The summed E-state index contributed by atoms with van der Waals surface area (Å²) in [6.45, 7) is 5.05. The minimum Gasteiger partial charge on any atom is -0.320 e. The molecule has 0 aromatic heterocycles. The maximum atomic E-state index is 12.7. The SMILES string of the molecule is CC(C)C1CCCN1S(=O)(=O)c1ccc(C#CCN)cc1. The molecule has 1 heterocycles. The van der Waals surface area contributed by atoms with Crippen molar-refractivity contribution >= 4 is 10.0 Å². The summed E-state index contributed by atoms with van der Waals surface area (Å²) in [6, 6.07) is 6.83. The smallest absolute Gasteiger partial charge is 0.243 e. The van der Waals surface area contributed by atoms with Gasteiger partial charge in [0.25, 0.3) is 0 Å². The molecule has 0 amide bonds. The van der Waals surface area contributed by atoms with E-state index in [9.17, 15) is 8.42 Å². The molecule has 0 spiro atoms. The molecule has 1 fully saturated rings. The zero-order valence-corrected chi connectivity index (χ0v) is 13.4. The van der Waals surface area contributed by atoms with E-state index in [1.54, 1.807) is 28.6 Å². The molecule has 5 heteroatoms. The lowest BCUT2D eigenvalue weighted by Crippen LogP contribution is -2.38. The molecule has 1 unspecified atom stereocenters. The van der Waals surface area contributed by atoms with E-state index in [-0.39, 0.29) is 6.04 Å². The van der Waals surface area contributed by atoms with Crippen LogP contribution in [0.15, 0.2) is 29.2 Å². The Morgan fingerprint density at radius 3 is 2.57 bits per heavy atom. The molecule has 1 aromatic carbocycles. The van der Waals surface area contributed by atoms with Crippen molar-refractivity contribution in [2.75, 3.05) is 13.1 Å². The first kappa shape index (κ1) is 16.0. The molecule has 114 valence electrons. The van der Waals surface area contributed by atoms with Crippen molar-refractivity contribution in [3.05, 3.63) is 29.8 Å². The lowest BCUT2D eigenvalue weighted by atomic mass is 10.0. The minimum absolute atomic E-state index is 0.103. The first-order valence-corrected chi connectivity index (χ1v) is 8.71. The largest absolute Gasteiger partial charge is 0.320 e. The Kier molecular flexibility index (Phi) is 5.04. The summed E-state index contributed by atoms with van der Waals surface area (Å²) in [7, 11) is -3.41. The Morgan fingerprint density at radius 2 is 2.00 bits per heavy atom. The second-order valence-corrected chi connectivity index (χ2v) is 7.49. The van der Waals surface area contributed by atoms with Gasteiger partial charge in [-0.05, 0) is 43.0 Å². The van der Waals surface area contributed by atoms with E-state index in [1.807, 2.05) is 0 Å². The van der Waals surface area contributed by atoms with Gasteiger partial charge in [0.1, 0.15) is 0 Å². The van der Waals surface area contributed by atoms with Crippen LogP contribution in [0, 0.1) is 17.8 Å². The van der Waals surface area contributed by atoms with Gasteiger partial charge in [0, 0.05) is 18.2 Å². The summed E-state index contributed by atoms with van der Waals surface area (Å²) in [5, 5.41) is 0. The number of nitrogens with zero attached hydrogens (tertiary/aromatic N) is 1. The fourth-order valence-corrected chi connectivity index (χ4v) is 4.55. The highest BCUT2D eigenvalue weighted by Crippen LogP contribution is 2.30. The topological polar surface area (TPSA) is 63.4 Å². The van der Waals surface area contributed by atoms with Gasteiger partial charge >= 0.3 is 0 Å². The van der Waals surface area contributed by atoms with Gasteiger partial charge in [0.2, 0.25) is 10.0 Å². The lowest BCUT2D eigenvalue weighted by Gasteiger charge is -2.26. The van der Waals surface area contributed by atoms with Crippen molar-refractivity contribution in [3.8, 4) is 11.8 Å². The lowest BCUT2D eigenvalue weighted by molar-refractivity contribution is 0.316. The summed E-state index contributed by atoms with van der Waals surface area (Å²) in [5.74, 6) is 5.98. The Morgan fingerprint density at radius 1 is 1.33 bits per heavy atom. The monoisotopic (exact) mass is 306 g/mol. The van der Waals surface area contributed by atoms with Crippen molar-refractivity contribution in [1.29, 1.82) is 0 Å². The van der Waals surface area contributed by atoms with E-state index in [0.717, 1.165) is 18.4 Å². The normalized spacial score (nSPS) is 19.5. The van der Waals surface area contributed by atoms with Crippen molar-refractivity contribution in [3.63, 3.8) is 0 Å². The molecular formula is C16H22N2O2S. The van der Waals surface area contributed by atoms with Crippen LogP contribution in [-0.2, 0) is 10.0 Å². The molecule has 4 nitrogen and oxygen atoms in total. The van der Waals surface area contributed by atoms with Crippen LogP contribution in [0.1, 0.15) is 32.3 Å². The van der Waals surface area contributed by atoms with Crippen molar-refractivity contribution in [1.82, 2.24) is 4.31 Å². The highest BCUT2D eigenvalue weighted by atomic mass is 32.2. The predicted molar refractivity (Wildman–Crippen MR) is 84.1 cm³/mol. The summed E-state index contributed by atoms with van der Waals surface area (Å²) < 4.78 is 27.1. The van der Waals surface area contributed by atoms with Crippen molar-refractivity contribution in [2.45, 2.75) is 37.6 Å². The molecule has 0 saturated carbocycles. The Labute approximate surface area is 127 Å². The van der Waals surface area contributed by atoms with Crippen molar-refractivity contribution in [2.24, 2.45) is 11.7 Å². The molecule has 1 saturated heterocycles. The molecule has 0 radical (unpaired) electrons. The summed E-state index contributed by atoms with van der Waals surface area (Å²) in [4.78, 5) is 0.341. The quantitative estimate of drug-likeness (QED) is 0.866. The molecular weight excluding hydrogens is 284 g/mol. The van der Waals surface area contributed by atoms with Crippen molar-refractivity contribution < 1.29 is 8.42 Å². The Bertz CT molecular complexity index is 639. The Balaban J connectivity index is 2.27. The Hall–Kier alpha value is -1.35. The number of hydrogen-bond acceptors (Lipinski definition) is 3. The highest BCUT2D eigenvalue weighted by Gasteiger charge is 2.36. The number of hydrogen-bond donors (Lipinski definition) is 1. The molecule has 21 heavy (non-hydrogen) atoms. The van der Waals surface area contributed by atoms with E-state index >= 15 is 0 Å². The average Bonchev–Trinajstić information content (AvgIpc) is 2.96. The van der Waals surface area contributed by atoms with E-state index in [2.05, 4.69) is 25.7 Å². The van der Waals surface area contributed by atoms with Crippen LogP contribution < -0.4 is 5.73 Å². The van der Waals surface area contributed by atoms with Gasteiger partial charge in [-0.15, -0.1) is 0 Å².